The lowest BCUT2D eigenvalue weighted by atomic mass is 10.1. The first-order valence-corrected chi connectivity index (χ1v) is 12.1. The molecule has 0 atom stereocenters. The van der Waals surface area contributed by atoms with Crippen LogP contribution in [0.25, 0.3) is 0 Å². The Kier molecular flexibility index (Phi) is 13.9. The van der Waals surface area contributed by atoms with Gasteiger partial charge in [-0.05, 0) is 69.0 Å². The smallest absolute Gasteiger partial charge is 0.408 e. The molecule has 212 valence electrons. The van der Waals surface area contributed by atoms with Crippen LogP contribution < -0.4 is 30.0 Å². The third kappa shape index (κ3) is 12.7. The van der Waals surface area contributed by atoms with Crippen molar-refractivity contribution in [3.63, 3.8) is 0 Å². The molecule has 0 aliphatic carbocycles. The van der Waals surface area contributed by atoms with Gasteiger partial charge in [0.15, 0.2) is 23.0 Å². The number of carbonyl (C=O) groups is 3. The van der Waals surface area contributed by atoms with E-state index in [0.717, 1.165) is 17.5 Å². The third-order valence-corrected chi connectivity index (χ3v) is 4.61. The van der Waals surface area contributed by atoms with Crippen LogP contribution in [0.3, 0.4) is 0 Å². The predicted molar refractivity (Wildman–Crippen MR) is 148 cm³/mol. The Morgan fingerprint density at radius 2 is 1.28 bits per heavy atom. The summed E-state index contributed by atoms with van der Waals surface area (Å²) in [7, 11) is 3.01. The van der Waals surface area contributed by atoms with E-state index in [1.54, 1.807) is 57.2 Å². The fourth-order valence-corrected chi connectivity index (χ4v) is 2.96. The van der Waals surface area contributed by atoms with Crippen molar-refractivity contribution < 1.29 is 38.1 Å². The molecule has 0 spiro atoms. The van der Waals surface area contributed by atoms with Crippen molar-refractivity contribution >= 4 is 18.0 Å². The van der Waals surface area contributed by atoms with Gasteiger partial charge in [0.25, 0.3) is 0 Å². The molecule has 10 nitrogen and oxygen atoms in total. The number of hydrogen-bond donors (Lipinski definition) is 2. The van der Waals surface area contributed by atoms with E-state index in [2.05, 4.69) is 18.5 Å². The van der Waals surface area contributed by atoms with Gasteiger partial charge in [-0.3, -0.25) is 4.79 Å². The number of methoxy groups -OCH3 is 2. The number of carbonyl (C=O) groups excluding carboxylic acids is 3. The molecular formula is C29H38N2O8. The number of nitrogens with two attached hydrogens (primary N) is 1. The van der Waals surface area contributed by atoms with Gasteiger partial charge < -0.3 is 34.7 Å². The van der Waals surface area contributed by atoms with Crippen LogP contribution in [0.5, 0.6) is 23.0 Å². The molecule has 0 radical (unpaired) electrons. The monoisotopic (exact) mass is 542 g/mol. The fourth-order valence-electron chi connectivity index (χ4n) is 2.96. The van der Waals surface area contributed by atoms with Gasteiger partial charge in [-0.2, -0.15) is 0 Å². The fraction of sp³-hybridized carbons (Fsp3) is 0.345. The van der Waals surface area contributed by atoms with E-state index in [1.807, 2.05) is 12.1 Å². The van der Waals surface area contributed by atoms with Crippen LogP contribution in [0, 0.1) is 0 Å². The van der Waals surface area contributed by atoms with Crippen molar-refractivity contribution in [2.24, 2.45) is 5.73 Å². The second-order valence-corrected chi connectivity index (χ2v) is 8.96. The minimum atomic E-state index is -0.678. The normalized spacial score (nSPS) is 10.2. The zero-order valence-corrected chi connectivity index (χ0v) is 23.2. The Morgan fingerprint density at radius 3 is 1.67 bits per heavy atom. The highest BCUT2D eigenvalue weighted by atomic mass is 16.6. The van der Waals surface area contributed by atoms with Gasteiger partial charge in [0.05, 0.1) is 20.8 Å². The van der Waals surface area contributed by atoms with Crippen molar-refractivity contribution in [2.45, 2.75) is 39.2 Å². The van der Waals surface area contributed by atoms with Crippen LogP contribution in [0.1, 0.15) is 31.9 Å². The SMILES string of the molecule is C=CCc1ccc(OC(=O)CN)c(OC)c1.C=CCc1ccc(OC(=O)CNC(=O)OC(C)(C)C)c(OC)c1. The van der Waals surface area contributed by atoms with Crippen molar-refractivity contribution in [2.75, 3.05) is 27.3 Å². The lowest BCUT2D eigenvalue weighted by Crippen LogP contribution is -2.36. The zero-order chi connectivity index (χ0) is 29.4. The van der Waals surface area contributed by atoms with Gasteiger partial charge in [-0.25, -0.2) is 9.59 Å². The quantitative estimate of drug-likeness (QED) is 0.244. The summed E-state index contributed by atoms with van der Waals surface area (Å²) < 4.78 is 25.6. The number of amides is 1. The van der Waals surface area contributed by atoms with E-state index in [0.29, 0.717) is 23.7 Å². The molecule has 39 heavy (non-hydrogen) atoms. The standard InChI is InChI=1S/C17H23NO5.C12H15NO3/c1-6-7-12-8-9-13(14(10-12)21-5)22-15(19)11-18-16(20)23-17(2,3)4;1-3-4-9-5-6-10(11(7-9)15-2)16-12(14)8-13/h6,8-10H,1,7,11H2,2-5H3,(H,18,20);3,5-7H,1,4,8,13H2,2H3. The molecule has 3 N–H and O–H groups in total. The molecule has 0 heterocycles. The van der Waals surface area contributed by atoms with Crippen LogP contribution in [-0.4, -0.2) is 50.9 Å². The lowest BCUT2D eigenvalue weighted by Gasteiger charge is -2.19. The maximum absolute atomic E-state index is 11.8. The summed E-state index contributed by atoms with van der Waals surface area (Å²) in [6.07, 6.45) is 4.31. The minimum absolute atomic E-state index is 0.155. The molecule has 0 aliphatic rings. The summed E-state index contributed by atoms with van der Waals surface area (Å²) in [5.41, 5.74) is 6.56. The van der Waals surface area contributed by atoms with Gasteiger partial charge in [0.2, 0.25) is 0 Å². The molecule has 2 rings (SSSR count). The average molecular weight is 543 g/mol. The molecular weight excluding hydrogens is 504 g/mol. The Balaban J connectivity index is 0.000000416. The van der Waals surface area contributed by atoms with Crippen LogP contribution in [0.4, 0.5) is 4.79 Å². The van der Waals surface area contributed by atoms with Gasteiger partial charge in [0, 0.05) is 0 Å². The average Bonchev–Trinajstić information content (AvgIpc) is 2.88. The third-order valence-electron chi connectivity index (χ3n) is 4.61. The predicted octanol–water partition coefficient (Wildman–Crippen LogP) is 4.14. The summed E-state index contributed by atoms with van der Waals surface area (Å²) in [5, 5.41) is 2.34. The van der Waals surface area contributed by atoms with E-state index >= 15 is 0 Å². The van der Waals surface area contributed by atoms with E-state index in [1.165, 1.54) is 14.2 Å². The van der Waals surface area contributed by atoms with Crippen molar-refractivity contribution in [1.82, 2.24) is 5.32 Å². The maximum atomic E-state index is 11.8. The van der Waals surface area contributed by atoms with Crippen molar-refractivity contribution in [3.05, 3.63) is 72.8 Å². The molecule has 0 unspecified atom stereocenters. The van der Waals surface area contributed by atoms with E-state index in [4.69, 9.17) is 29.4 Å². The van der Waals surface area contributed by atoms with Crippen LogP contribution in [-0.2, 0) is 27.2 Å². The first-order chi connectivity index (χ1) is 18.5. The second kappa shape index (κ2) is 16.5. The maximum Gasteiger partial charge on any atom is 0.408 e. The zero-order valence-electron chi connectivity index (χ0n) is 23.2. The van der Waals surface area contributed by atoms with Crippen LogP contribution in [0.15, 0.2) is 61.7 Å². The van der Waals surface area contributed by atoms with Gasteiger partial charge >= 0.3 is 18.0 Å². The van der Waals surface area contributed by atoms with Crippen molar-refractivity contribution in [1.29, 1.82) is 0 Å². The lowest BCUT2D eigenvalue weighted by molar-refractivity contribution is -0.134. The van der Waals surface area contributed by atoms with Gasteiger partial charge in [-0.1, -0.05) is 24.3 Å². The number of alkyl carbamates (subject to hydrolysis) is 1. The topological polar surface area (TPSA) is 135 Å². The summed E-state index contributed by atoms with van der Waals surface area (Å²) in [6, 6.07) is 10.6. The number of benzene rings is 2. The number of esters is 2. The van der Waals surface area contributed by atoms with Gasteiger partial charge in [0.1, 0.15) is 12.1 Å². The number of nitrogens with one attached hydrogen (secondary N) is 1. The first kappa shape index (κ1) is 32.7. The molecule has 10 heteroatoms. The molecule has 0 fully saturated rings. The number of hydrogen-bond acceptors (Lipinski definition) is 9. The Bertz CT molecular complexity index is 1140. The molecule has 0 saturated carbocycles. The minimum Gasteiger partial charge on any atom is -0.493 e. The highest BCUT2D eigenvalue weighted by molar-refractivity contribution is 5.80. The summed E-state index contributed by atoms with van der Waals surface area (Å²) in [5.74, 6) is 0.513. The van der Waals surface area contributed by atoms with Crippen molar-refractivity contribution in [3.8, 4) is 23.0 Å². The van der Waals surface area contributed by atoms with E-state index < -0.39 is 23.6 Å². The van der Waals surface area contributed by atoms with Gasteiger partial charge in [-0.15, -0.1) is 13.2 Å². The summed E-state index contributed by atoms with van der Waals surface area (Å²) in [6.45, 7) is 12.1. The first-order valence-electron chi connectivity index (χ1n) is 12.1. The number of allylic oxidation sites excluding steroid dienone is 2. The molecule has 1 amide bonds. The Morgan fingerprint density at radius 1 is 0.821 bits per heavy atom. The number of rotatable bonds is 11. The highest BCUT2D eigenvalue weighted by Crippen LogP contribution is 2.29. The molecule has 2 aromatic carbocycles. The molecule has 0 aliphatic heterocycles. The van der Waals surface area contributed by atoms with E-state index in [9.17, 15) is 14.4 Å². The largest absolute Gasteiger partial charge is 0.493 e. The summed E-state index contributed by atoms with van der Waals surface area (Å²) in [4.78, 5) is 34.3. The molecule has 0 aromatic heterocycles. The van der Waals surface area contributed by atoms with Crippen LogP contribution >= 0.6 is 0 Å². The molecule has 2 aromatic rings. The summed E-state index contributed by atoms with van der Waals surface area (Å²) >= 11 is 0. The van der Waals surface area contributed by atoms with E-state index in [-0.39, 0.29) is 18.8 Å². The molecule has 0 saturated heterocycles. The Hall–Kier alpha value is -4.31. The highest BCUT2D eigenvalue weighted by Gasteiger charge is 2.18. The molecule has 0 bridgehead atoms. The number of ether oxygens (including phenoxy) is 5. The second-order valence-electron chi connectivity index (χ2n) is 8.96. The Labute approximate surface area is 229 Å². The van der Waals surface area contributed by atoms with Crippen LogP contribution in [0.2, 0.25) is 0 Å².